The number of aliphatic hydroxyl groups excluding tert-OH is 1. The second kappa shape index (κ2) is 4.63. The molecule has 1 unspecified atom stereocenters. The minimum absolute atomic E-state index is 0.378. The van der Waals surface area contributed by atoms with Crippen molar-refractivity contribution in [1.29, 1.82) is 0 Å². The van der Waals surface area contributed by atoms with Crippen LogP contribution < -0.4 is 0 Å². The lowest BCUT2D eigenvalue weighted by Crippen LogP contribution is -2.17. The summed E-state index contributed by atoms with van der Waals surface area (Å²) in [6, 6.07) is 0. The number of imidazole rings is 1. The number of ether oxygens (including phenoxy) is 1. The first-order chi connectivity index (χ1) is 7.24. The summed E-state index contributed by atoms with van der Waals surface area (Å²) in [7, 11) is 1.68. The maximum atomic E-state index is 9.86. The molecule has 0 radical (unpaired) electrons. The number of hydrogen-bond donors (Lipinski definition) is 1. The van der Waals surface area contributed by atoms with Crippen LogP contribution in [0, 0.1) is 0 Å². The van der Waals surface area contributed by atoms with Crippen molar-refractivity contribution in [3.8, 4) is 0 Å². The Labute approximate surface area is 97.4 Å². The molecule has 1 aromatic rings. The van der Waals surface area contributed by atoms with E-state index in [1.165, 1.54) is 0 Å². The highest BCUT2D eigenvalue weighted by molar-refractivity contribution is 9.10. The Kier molecular flexibility index (Phi) is 3.43. The van der Waals surface area contributed by atoms with Crippen molar-refractivity contribution in [2.24, 2.45) is 0 Å². The number of aliphatic hydroxyl groups is 1. The zero-order valence-corrected chi connectivity index (χ0v) is 10.3. The monoisotopic (exact) mass is 274 g/mol. The molecule has 84 valence electrons. The number of halogens is 1. The second-order valence-corrected chi connectivity index (χ2v) is 4.51. The summed E-state index contributed by atoms with van der Waals surface area (Å²) in [5.74, 6) is 0.998. The summed E-state index contributed by atoms with van der Waals surface area (Å²) in [6.07, 6.45) is 2.25. The van der Waals surface area contributed by atoms with E-state index in [-0.39, 0.29) is 6.10 Å². The highest BCUT2D eigenvalue weighted by Gasteiger charge is 2.24. The van der Waals surface area contributed by atoms with Crippen LogP contribution in [0.1, 0.15) is 30.5 Å². The van der Waals surface area contributed by atoms with Crippen molar-refractivity contribution < 1.29 is 9.84 Å². The van der Waals surface area contributed by atoms with Gasteiger partial charge in [0.1, 0.15) is 10.4 Å². The highest BCUT2D eigenvalue weighted by Crippen LogP contribution is 2.31. The third kappa shape index (κ3) is 2.09. The Hall–Kier alpha value is -0.390. The van der Waals surface area contributed by atoms with Gasteiger partial charge in [0.25, 0.3) is 0 Å². The molecule has 1 aliphatic heterocycles. The normalized spacial score (nSPS) is 20.3. The maximum Gasteiger partial charge on any atom is 0.130 e. The van der Waals surface area contributed by atoms with Crippen molar-refractivity contribution in [3.63, 3.8) is 0 Å². The van der Waals surface area contributed by atoms with E-state index >= 15 is 0 Å². The van der Waals surface area contributed by atoms with Crippen LogP contribution in [0.15, 0.2) is 4.60 Å². The first-order valence-corrected chi connectivity index (χ1v) is 5.95. The Bertz CT molecular complexity index is 351. The number of hydrogen-bond acceptors (Lipinski definition) is 3. The maximum absolute atomic E-state index is 9.86. The minimum Gasteiger partial charge on any atom is -0.387 e. The lowest BCUT2D eigenvalue weighted by molar-refractivity contribution is 0.136. The minimum atomic E-state index is -0.378. The molecule has 0 aliphatic carbocycles. The van der Waals surface area contributed by atoms with Gasteiger partial charge in [-0.15, -0.1) is 0 Å². The van der Waals surface area contributed by atoms with E-state index in [0.29, 0.717) is 6.61 Å². The Balaban J connectivity index is 2.29. The zero-order chi connectivity index (χ0) is 10.8. The number of nitrogens with zero attached hydrogens (tertiary/aromatic N) is 2. The fraction of sp³-hybridized carbons (Fsp3) is 0.700. The van der Waals surface area contributed by atoms with Crippen LogP contribution in [0.4, 0.5) is 0 Å². The summed E-state index contributed by atoms with van der Waals surface area (Å²) >= 11 is 3.40. The third-order valence-electron chi connectivity index (χ3n) is 2.75. The molecule has 0 saturated carbocycles. The van der Waals surface area contributed by atoms with Gasteiger partial charge in [0, 0.05) is 20.1 Å². The van der Waals surface area contributed by atoms with Crippen molar-refractivity contribution in [2.75, 3.05) is 13.7 Å². The quantitative estimate of drug-likeness (QED) is 0.912. The van der Waals surface area contributed by atoms with Gasteiger partial charge in [-0.2, -0.15) is 0 Å². The van der Waals surface area contributed by atoms with Crippen LogP contribution in [0.5, 0.6) is 0 Å². The van der Waals surface area contributed by atoms with Gasteiger partial charge < -0.3 is 14.4 Å². The van der Waals surface area contributed by atoms with Crippen molar-refractivity contribution >= 4 is 15.9 Å². The van der Waals surface area contributed by atoms with Crippen LogP contribution in [0.2, 0.25) is 0 Å². The molecule has 0 saturated heterocycles. The summed E-state index contributed by atoms with van der Waals surface area (Å²) in [5.41, 5.74) is 0.923. The van der Waals surface area contributed by atoms with Crippen molar-refractivity contribution in [2.45, 2.75) is 31.9 Å². The van der Waals surface area contributed by atoms with Crippen molar-refractivity contribution in [1.82, 2.24) is 9.55 Å². The molecule has 2 heterocycles. The van der Waals surface area contributed by atoms with E-state index in [2.05, 4.69) is 25.5 Å². The highest BCUT2D eigenvalue weighted by atomic mass is 79.9. The lowest BCUT2D eigenvalue weighted by Gasteiger charge is -2.21. The smallest absolute Gasteiger partial charge is 0.130 e. The molecular formula is C10H15BrN2O2. The van der Waals surface area contributed by atoms with Gasteiger partial charge in [-0.05, 0) is 28.8 Å². The molecule has 1 atom stereocenters. The first-order valence-electron chi connectivity index (χ1n) is 5.16. The number of rotatable bonds is 3. The standard InChI is InChI=1S/C10H15BrN2O2/c1-15-6-4-8-12-10(11)9-7(14)3-2-5-13(8)9/h7,14H,2-6H2,1H3. The molecule has 2 rings (SSSR count). The average Bonchev–Trinajstić information content (AvgIpc) is 2.54. The molecule has 0 fully saturated rings. The number of methoxy groups -OCH3 is 1. The summed E-state index contributed by atoms with van der Waals surface area (Å²) in [5, 5.41) is 9.86. The SMILES string of the molecule is COCCc1nc(Br)c2n1CCCC2O. The molecule has 4 nitrogen and oxygen atoms in total. The zero-order valence-electron chi connectivity index (χ0n) is 8.74. The van der Waals surface area contributed by atoms with Gasteiger partial charge in [-0.1, -0.05) is 0 Å². The topological polar surface area (TPSA) is 47.3 Å². The van der Waals surface area contributed by atoms with Gasteiger partial charge >= 0.3 is 0 Å². The van der Waals surface area contributed by atoms with Gasteiger partial charge in [0.15, 0.2) is 0 Å². The van der Waals surface area contributed by atoms with Crippen LogP contribution in [0.25, 0.3) is 0 Å². The van der Waals surface area contributed by atoms with Crippen LogP contribution >= 0.6 is 15.9 Å². The molecule has 1 N–H and O–H groups in total. The average molecular weight is 275 g/mol. The number of aromatic nitrogens is 2. The number of fused-ring (bicyclic) bond motifs is 1. The largest absolute Gasteiger partial charge is 0.387 e. The fourth-order valence-corrected chi connectivity index (χ4v) is 2.69. The molecule has 1 aromatic heterocycles. The van der Waals surface area contributed by atoms with E-state index in [1.54, 1.807) is 7.11 Å². The van der Waals surface area contributed by atoms with E-state index in [9.17, 15) is 5.11 Å². The molecular weight excluding hydrogens is 260 g/mol. The predicted octanol–water partition coefficient (Wildman–Crippen LogP) is 1.66. The van der Waals surface area contributed by atoms with Gasteiger partial charge in [-0.25, -0.2) is 4.98 Å². The Morgan fingerprint density at radius 3 is 3.20 bits per heavy atom. The first kappa shape index (κ1) is 11.1. The Morgan fingerprint density at radius 2 is 2.47 bits per heavy atom. The van der Waals surface area contributed by atoms with E-state index in [1.807, 2.05) is 0 Å². The van der Waals surface area contributed by atoms with Gasteiger partial charge in [0.2, 0.25) is 0 Å². The van der Waals surface area contributed by atoms with E-state index in [4.69, 9.17) is 4.74 Å². The molecule has 1 aliphatic rings. The molecule has 5 heteroatoms. The van der Waals surface area contributed by atoms with Gasteiger partial charge in [0.05, 0.1) is 18.4 Å². The summed E-state index contributed by atoms with van der Waals surface area (Å²) in [4.78, 5) is 4.42. The van der Waals surface area contributed by atoms with Crippen molar-refractivity contribution in [3.05, 3.63) is 16.1 Å². The van der Waals surface area contributed by atoms with Crippen LogP contribution in [-0.2, 0) is 17.7 Å². The molecule has 0 bridgehead atoms. The van der Waals surface area contributed by atoms with E-state index < -0.39 is 0 Å². The van der Waals surface area contributed by atoms with Crippen LogP contribution in [0.3, 0.4) is 0 Å². The lowest BCUT2D eigenvalue weighted by atomic mass is 10.1. The molecule has 0 aromatic carbocycles. The second-order valence-electron chi connectivity index (χ2n) is 3.76. The molecule has 0 spiro atoms. The fourth-order valence-electron chi connectivity index (χ4n) is 2.01. The van der Waals surface area contributed by atoms with E-state index in [0.717, 1.165) is 41.9 Å². The summed E-state index contributed by atoms with van der Waals surface area (Å²) < 4.78 is 7.93. The Morgan fingerprint density at radius 1 is 1.67 bits per heavy atom. The van der Waals surface area contributed by atoms with Crippen LogP contribution in [-0.4, -0.2) is 28.4 Å². The van der Waals surface area contributed by atoms with Gasteiger partial charge in [-0.3, -0.25) is 0 Å². The molecule has 0 amide bonds. The summed E-state index contributed by atoms with van der Waals surface area (Å²) in [6.45, 7) is 1.61. The third-order valence-corrected chi connectivity index (χ3v) is 3.33. The predicted molar refractivity (Wildman–Crippen MR) is 59.7 cm³/mol. The molecule has 15 heavy (non-hydrogen) atoms.